The number of halogens is 1. The second-order valence-electron chi connectivity index (χ2n) is 9.40. The molecule has 32 heavy (non-hydrogen) atoms. The molecular formula is C27H29ClN2O2. The second kappa shape index (κ2) is 8.95. The standard InChI is InChI=1S/C27H29ClN2O2/c1-18-23(16-25(31)32)26(30-12-10-27(2,3)11-13-30)24(17-29-18)21-8-4-6-19(14-21)20-7-5-9-22(28)15-20/h4-9,14-15,17H,10-13,16H2,1-3H3,(H,31,32). The van der Waals surface area contributed by atoms with Crippen molar-refractivity contribution in [2.45, 2.75) is 40.0 Å². The second-order valence-corrected chi connectivity index (χ2v) is 9.83. The van der Waals surface area contributed by atoms with E-state index in [-0.39, 0.29) is 6.42 Å². The van der Waals surface area contributed by atoms with Crippen molar-refractivity contribution >= 4 is 23.3 Å². The number of carbonyl (C=O) groups is 1. The fraction of sp³-hybridized carbons (Fsp3) is 0.333. The molecule has 1 fully saturated rings. The fourth-order valence-electron chi connectivity index (χ4n) is 4.44. The van der Waals surface area contributed by atoms with E-state index in [1.54, 1.807) is 0 Å². The number of benzene rings is 2. The van der Waals surface area contributed by atoms with Crippen LogP contribution in [0, 0.1) is 12.3 Å². The predicted octanol–water partition coefficient (Wildman–Crippen LogP) is 6.63. The van der Waals surface area contributed by atoms with Gasteiger partial charge in [-0.3, -0.25) is 9.78 Å². The third-order valence-electron chi connectivity index (χ3n) is 6.46. The average molecular weight is 449 g/mol. The minimum Gasteiger partial charge on any atom is -0.481 e. The molecule has 1 aliphatic heterocycles. The van der Waals surface area contributed by atoms with Gasteiger partial charge in [0.15, 0.2) is 0 Å². The average Bonchev–Trinajstić information content (AvgIpc) is 2.75. The van der Waals surface area contributed by atoms with Crippen LogP contribution in [0.3, 0.4) is 0 Å². The van der Waals surface area contributed by atoms with Gasteiger partial charge in [0.2, 0.25) is 0 Å². The van der Waals surface area contributed by atoms with Gasteiger partial charge < -0.3 is 10.0 Å². The molecule has 2 aromatic carbocycles. The Balaban J connectivity index is 1.84. The molecule has 0 atom stereocenters. The van der Waals surface area contributed by atoms with Crippen molar-refractivity contribution in [1.29, 1.82) is 0 Å². The topological polar surface area (TPSA) is 53.4 Å². The summed E-state index contributed by atoms with van der Waals surface area (Å²) in [6.45, 7) is 8.32. The first-order valence-electron chi connectivity index (χ1n) is 11.1. The fourth-order valence-corrected chi connectivity index (χ4v) is 4.63. The van der Waals surface area contributed by atoms with Crippen LogP contribution in [0.2, 0.25) is 5.02 Å². The first kappa shape index (κ1) is 22.3. The summed E-state index contributed by atoms with van der Waals surface area (Å²) in [4.78, 5) is 18.7. The summed E-state index contributed by atoms with van der Waals surface area (Å²) in [7, 11) is 0. The maximum Gasteiger partial charge on any atom is 0.307 e. The van der Waals surface area contributed by atoms with Crippen LogP contribution < -0.4 is 4.90 Å². The lowest BCUT2D eigenvalue weighted by Gasteiger charge is -2.40. The minimum absolute atomic E-state index is 0.0319. The van der Waals surface area contributed by atoms with Crippen molar-refractivity contribution in [3.8, 4) is 22.3 Å². The lowest BCUT2D eigenvalue weighted by molar-refractivity contribution is -0.136. The van der Waals surface area contributed by atoms with Gasteiger partial charge in [0, 0.05) is 41.1 Å². The van der Waals surface area contributed by atoms with Gasteiger partial charge in [-0.05, 0) is 60.1 Å². The van der Waals surface area contributed by atoms with E-state index in [0.717, 1.165) is 65.1 Å². The minimum atomic E-state index is -0.835. The van der Waals surface area contributed by atoms with Crippen molar-refractivity contribution < 1.29 is 9.90 Å². The number of aliphatic carboxylic acids is 1. The van der Waals surface area contributed by atoms with Gasteiger partial charge in [0.05, 0.1) is 12.1 Å². The maximum absolute atomic E-state index is 11.7. The first-order chi connectivity index (χ1) is 15.2. The summed E-state index contributed by atoms with van der Waals surface area (Å²) < 4.78 is 0. The van der Waals surface area contributed by atoms with Gasteiger partial charge in [0.1, 0.15) is 0 Å². The lowest BCUT2D eigenvalue weighted by atomic mass is 9.82. The number of aromatic nitrogens is 1. The van der Waals surface area contributed by atoms with Gasteiger partial charge in [-0.15, -0.1) is 0 Å². The molecule has 4 rings (SSSR count). The number of pyridine rings is 1. The number of anilines is 1. The number of aryl methyl sites for hydroxylation is 1. The summed E-state index contributed by atoms with van der Waals surface area (Å²) in [5.41, 5.74) is 7.03. The Bertz CT molecular complexity index is 1150. The van der Waals surface area contributed by atoms with Crippen LogP contribution in [0.15, 0.2) is 54.7 Å². The monoisotopic (exact) mass is 448 g/mol. The highest BCUT2D eigenvalue weighted by atomic mass is 35.5. The molecule has 0 spiro atoms. The molecule has 2 heterocycles. The van der Waals surface area contributed by atoms with Crippen LogP contribution in [-0.2, 0) is 11.2 Å². The zero-order valence-corrected chi connectivity index (χ0v) is 19.6. The molecule has 0 unspecified atom stereocenters. The van der Waals surface area contributed by atoms with E-state index in [4.69, 9.17) is 11.6 Å². The maximum atomic E-state index is 11.7. The van der Waals surface area contributed by atoms with E-state index < -0.39 is 5.97 Å². The van der Waals surface area contributed by atoms with Crippen molar-refractivity contribution in [3.05, 3.63) is 71.0 Å². The summed E-state index contributed by atoms with van der Waals surface area (Å²) in [6.07, 6.45) is 4.01. The van der Waals surface area contributed by atoms with E-state index >= 15 is 0 Å². The van der Waals surface area contributed by atoms with Crippen molar-refractivity contribution in [2.75, 3.05) is 18.0 Å². The van der Waals surface area contributed by atoms with Crippen LogP contribution in [-0.4, -0.2) is 29.1 Å². The molecule has 1 N–H and O–H groups in total. The van der Waals surface area contributed by atoms with Crippen LogP contribution in [0.25, 0.3) is 22.3 Å². The number of carboxylic acid groups (broad SMARTS) is 1. The van der Waals surface area contributed by atoms with Crippen molar-refractivity contribution in [2.24, 2.45) is 5.41 Å². The normalized spacial score (nSPS) is 15.6. The Morgan fingerprint density at radius 1 is 1.06 bits per heavy atom. The zero-order chi connectivity index (χ0) is 22.9. The number of hydrogen-bond acceptors (Lipinski definition) is 3. The summed E-state index contributed by atoms with van der Waals surface area (Å²) in [5.74, 6) is -0.835. The van der Waals surface area contributed by atoms with E-state index in [9.17, 15) is 9.90 Å². The van der Waals surface area contributed by atoms with Gasteiger partial charge in [-0.2, -0.15) is 0 Å². The lowest BCUT2D eigenvalue weighted by Crippen LogP contribution is -2.38. The molecule has 5 heteroatoms. The molecular weight excluding hydrogens is 420 g/mol. The zero-order valence-electron chi connectivity index (χ0n) is 18.9. The van der Waals surface area contributed by atoms with E-state index in [1.165, 1.54) is 0 Å². The summed E-state index contributed by atoms with van der Waals surface area (Å²) in [5, 5.41) is 10.3. The van der Waals surface area contributed by atoms with Crippen molar-refractivity contribution in [1.82, 2.24) is 4.98 Å². The molecule has 3 aromatic rings. The summed E-state index contributed by atoms with van der Waals surface area (Å²) >= 11 is 6.22. The molecule has 1 aromatic heterocycles. The van der Waals surface area contributed by atoms with Gasteiger partial charge in [-0.1, -0.05) is 55.8 Å². The van der Waals surface area contributed by atoms with Crippen LogP contribution in [0.5, 0.6) is 0 Å². The molecule has 0 saturated carbocycles. The SMILES string of the molecule is Cc1ncc(-c2cccc(-c3cccc(Cl)c3)c2)c(N2CCC(C)(C)CC2)c1CC(=O)O. The van der Waals surface area contributed by atoms with E-state index in [0.29, 0.717) is 10.4 Å². The molecule has 0 bridgehead atoms. The smallest absolute Gasteiger partial charge is 0.307 e. The molecule has 166 valence electrons. The van der Waals surface area contributed by atoms with Crippen LogP contribution >= 0.6 is 11.6 Å². The first-order valence-corrected chi connectivity index (χ1v) is 11.4. The highest BCUT2D eigenvalue weighted by molar-refractivity contribution is 6.30. The highest BCUT2D eigenvalue weighted by Crippen LogP contribution is 2.40. The molecule has 1 aliphatic rings. The van der Waals surface area contributed by atoms with E-state index in [1.807, 2.05) is 43.5 Å². The Hall–Kier alpha value is -2.85. The van der Waals surface area contributed by atoms with Gasteiger partial charge in [-0.25, -0.2) is 0 Å². The molecule has 0 amide bonds. The molecule has 0 radical (unpaired) electrons. The van der Waals surface area contributed by atoms with Gasteiger partial charge in [0.25, 0.3) is 0 Å². The number of piperidine rings is 1. The predicted molar refractivity (Wildman–Crippen MR) is 131 cm³/mol. The number of hydrogen-bond donors (Lipinski definition) is 1. The Morgan fingerprint density at radius 2 is 1.69 bits per heavy atom. The molecule has 1 saturated heterocycles. The number of rotatable bonds is 5. The third kappa shape index (κ3) is 4.81. The Kier molecular flexibility index (Phi) is 6.25. The van der Waals surface area contributed by atoms with Crippen LogP contribution in [0.1, 0.15) is 37.9 Å². The molecule has 4 nitrogen and oxygen atoms in total. The third-order valence-corrected chi connectivity index (χ3v) is 6.69. The number of nitrogens with zero attached hydrogens (tertiary/aromatic N) is 2. The number of carboxylic acids is 1. The van der Waals surface area contributed by atoms with Gasteiger partial charge >= 0.3 is 5.97 Å². The molecule has 0 aliphatic carbocycles. The Labute approximate surface area is 194 Å². The Morgan fingerprint density at radius 3 is 2.34 bits per heavy atom. The highest BCUT2D eigenvalue weighted by Gasteiger charge is 2.29. The largest absolute Gasteiger partial charge is 0.481 e. The van der Waals surface area contributed by atoms with Crippen molar-refractivity contribution in [3.63, 3.8) is 0 Å². The summed E-state index contributed by atoms with van der Waals surface area (Å²) in [6, 6.07) is 16.1. The van der Waals surface area contributed by atoms with Crippen LogP contribution in [0.4, 0.5) is 5.69 Å². The quantitative estimate of drug-likeness (QED) is 0.475. The van der Waals surface area contributed by atoms with E-state index in [2.05, 4.69) is 41.9 Å².